The fourth-order valence-electron chi connectivity index (χ4n) is 3.14. The predicted octanol–water partition coefficient (Wildman–Crippen LogP) is 2.36. The van der Waals surface area contributed by atoms with E-state index in [1.165, 1.54) is 0 Å². The van der Waals surface area contributed by atoms with Gasteiger partial charge in [-0.3, -0.25) is 4.79 Å². The molecule has 0 aromatic carbocycles. The molecule has 0 atom stereocenters. The van der Waals surface area contributed by atoms with Crippen LogP contribution in [0, 0.1) is 5.92 Å². The van der Waals surface area contributed by atoms with Gasteiger partial charge in [-0.1, -0.05) is 6.07 Å². The van der Waals surface area contributed by atoms with Crippen LogP contribution < -0.4 is 10.2 Å². The Hall–Kier alpha value is -1.76. The monoisotopic (exact) mass is 339 g/mol. The highest BCUT2D eigenvalue weighted by Crippen LogP contribution is 2.36. The lowest BCUT2D eigenvalue weighted by molar-refractivity contribution is -0.129. The smallest absolute Gasteiger partial charge is 0.248 e. The zero-order valence-corrected chi connectivity index (χ0v) is 13.6. The van der Waals surface area contributed by atoms with Crippen molar-refractivity contribution < 1.29 is 18.3 Å². The van der Waals surface area contributed by atoms with Gasteiger partial charge in [0.15, 0.2) is 0 Å². The highest BCUT2D eigenvalue weighted by molar-refractivity contribution is 5.78. The van der Waals surface area contributed by atoms with Gasteiger partial charge in [-0.15, -0.1) is 0 Å². The number of ether oxygens (including phenoxy) is 1. The van der Waals surface area contributed by atoms with Gasteiger partial charge in [-0.2, -0.15) is 0 Å². The van der Waals surface area contributed by atoms with Crippen LogP contribution in [0.5, 0.6) is 0 Å². The predicted molar refractivity (Wildman–Crippen MR) is 86.0 cm³/mol. The van der Waals surface area contributed by atoms with Crippen LogP contribution in [0.3, 0.4) is 0 Å². The Kier molecular flexibility index (Phi) is 5.28. The first-order valence-electron chi connectivity index (χ1n) is 8.47. The maximum atomic E-state index is 13.1. The largest absolute Gasteiger partial charge is 0.378 e. The molecule has 1 aliphatic carbocycles. The van der Waals surface area contributed by atoms with Gasteiger partial charge < -0.3 is 15.0 Å². The summed E-state index contributed by atoms with van der Waals surface area (Å²) in [6.45, 7) is 3.45. The van der Waals surface area contributed by atoms with E-state index in [1.54, 1.807) is 6.20 Å². The molecule has 0 radical (unpaired) electrons. The molecule has 24 heavy (non-hydrogen) atoms. The molecule has 0 bridgehead atoms. The second kappa shape index (κ2) is 7.42. The maximum absolute atomic E-state index is 13.1. The third-order valence-electron chi connectivity index (χ3n) is 4.70. The van der Waals surface area contributed by atoms with Crippen molar-refractivity contribution in [3.05, 3.63) is 23.9 Å². The quantitative estimate of drug-likeness (QED) is 0.915. The molecule has 1 aliphatic heterocycles. The summed E-state index contributed by atoms with van der Waals surface area (Å²) in [5.41, 5.74) is 0.904. The summed E-state index contributed by atoms with van der Waals surface area (Å²) in [5.74, 6) is -2.13. The average molecular weight is 339 g/mol. The van der Waals surface area contributed by atoms with Crippen LogP contribution in [-0.2, 0) is 16.1 Å². The van der Waals surface area contributed by atoms with Crippen LogP contribution in [0.25, 0.3) is 0 Å². The third kappa shape index (κ3) is 4.41. The Morgan fingerprint density at radius 3 is 2.62 bits per heavy atom. The van der Waals surface area contributed by atoms with Gasteiger partial charge in [0.05, 0.1) is 13.2 Å². The van der Waals surface area contributed by atoms with Crippen molar-refractivity contribution in [1.82, 2.24) is 10.3 Å². The number of hydrogen-bond donors (Lipinski definition) is 1. The molecule has 0 unspecified atom stereocenters. The summed E-state index contributed by atoms with van der Waals surface area (Å²) in [5, 5.41) is 2.84. The summed E-state index contributed by atoms with van der Waals surface area (Å²) in [4.78, 5) is 18.7. The Bertz CT molecular complexity index is 549. The van der Waals surface area contributed by atoms with Crippen molar-refractivity contribution in [2.75, 3.05) is 31.2 Å². The number of pyridine rings is 1. The Morgan fingerprint density at radius 2 is 2.00 bits per heavy atom. The van der Waals surface area contributed by atoms with E-state index in [2.05, 4.69) is 15.2 Å². The maximum Gasteiger partial charge on any atom is 0.248 e. The van der Waals surface area contributed by atoms with Crippen LogP contribution in [0.1, 0.15) is 31.2 Å². The second-order valence-electron chi connectivity index (χ2n) is 6.47. The highest BCUT2D eigenvalue weighted by atomic mass is 19.3. The van der Waals surface area contributed by atoms with Crippen molar-refractivity contribution in [3.63, 3.8) is 0 Å². The molecule has 2 heterocycles. The molecule has 2 aliphatic rings. The van der Waals surface area contributed by atoms with Crippen molar-refractivity contribution in [3.8, 4) is 0 Å². The molecular formula is C17H23F2N3O2. The minimum atomic E-state index is -2.60. The van der Waals surface area contributed by atoms with Crippen molar-refractivity contribution in [2.45, 2.75) is 38.2 Å². The van der Waals surface area contributed by atoms with Gasteiger partial charge in [-0.25, -0.2) is 13.8 Å². The first-order valence-corrected chi connectivity index (χ1v) is 8.47. The fraction of sp³-hybridized carbons (Fsp3) is 0.647. The average Bonchev–Trinajstić information content (AvgIpc) is 2.61. The Balaban J connectivity index is 1.47. The minimum Gasteiger partial charge on any atom is -0.378 e. The lowest BCUT2D eigenvalue weighted by atomic mass is 9.86. The summed E-state index contributed by atoms with van der Waals surface area (Å²) in [7, 11) is 0. The minimum absolute atomic E-state index is 0.136. The Morgan fingerprint density at radius 1 is 1.29 bits per heavy atom. The molecule has 1 saturated heterocycles. The summed E-state index contributed by atoms with van der Waals surface area (Å²) in [6, 6.07) is 3.88. The normalized spacial score (nSPS) is 21.5. The van der Waals surface area contributed by atoms with E-state index in [-0.39, 0.29) is 37.5 Å². The molecule has 1 aromatic heterocycles. The summed E-state index contributed by atoms with van der Waals surface area (Å²) >= 11 is 0. The van der Waals surface area contributed by atoms with Gasteiger partial charge in [0.25, 0.3) is 0 Å². The van der Waals surface area contributed by atoms with E-state index in [9.17, 15) is 13.6 Å². The number of halogens is 2. The lowest BCUT2D eigenvalue weighted by Gasteiger charge is -2.28. The van der Waals surface area contributed by atoms with Crippen LogP contribution >= 0.6 is 0 Å². The van der Waals surface area contributed by atoms with E-state index in [0.717, 1.165) is 24.5 Å². The number of hydrogen-bond acceptors (Lipinski definition) is 4. The first kappa shape index (κ1) is 17.1. The first-order chi connectivity index (χ1) is 11.5. The number of rotatable bonds is 4. The molecule has 5 nitrogen and oxygen atoms in total. The van der Waals surface area contributed by atoms with Crippen molar-refractivity contribution in [2.24, 2.45) is 5.92 Å². The third-order valence-corrected chi connectivity index (χ3v) is 4.70. The molecule has 7 heteroatoms. The molecule has 1 amide bonds. The van der Waals surface area contributed by atoms with Crippen molar-refractivity contribution in [1.29, 1.82) is 0 Å². The lowest BCUT2D eigenvalue weighted by Crippen LogP contribution is -2.37. The topological polar surface area (TPSA) is 54.5 Å². The van der Waals surface area contributed by atoms with Gasteiger partial charge in [0.2, 0.25) is 11.8 Å². The van der Waals surface area contributed by atoms with Crippen LogP contribution in [0.15, 0.2) is 18.3 Å². The molecule has 1 N–H and O–H groups in total. The number of amides is 1. The van der Waals surface area contributed by atoms with E-state index in [4.69, 9.17) is 4.74 Å². The van der Waals surface area contributed by atoms with Gasteiger partial charge in [0.1, 0.15) is 5.82 Å². The SMILES string of the molecule is O=C(NCc1ccc(N2CCOCC2)nc1)C1CCC(F)(F)CC1. The van der Waals surface area contributed by atoms with E-state index in [0.29, 0.717) is 19.8 Å². The zero-order chi connectivity index (χ0) is 17.0. The van der Waals surface area contributed by atoms with Crippen molar-refractivity contribution >= 4 is 11.7 Å². The van der Waals surface area contributed by atoms with Gasteiger partial charge in [0, 0.05) is 44.6 Å². The van der Waals surface area contributed by atoms with Crippen LogP contribution in [0.4, 0.5) is 14.6 Å². The van der Waals surface area contributed by atoms with Gasteiger partial charge >= 0.3 is 0 Å². The zero-order valence-electron chi connectivity index (χ0n) is 13.6. The molecular weight excluding hydrogens is 316 g/mol. The number of carbonyl (C=O) groups is 1. The molecule has 3 rings (SSSR count). The summed E-state index contributed by atoms with van der Waals surface area (Å²) < 4.78 is 31.6. The number of nitrogens with zero attached hydrogens (tertiary/aromatic N) is 2. The molecule has 2 fully saturated rings. The second-order valence-corrected chi connectivity index (χ2v) is 6.47. The number of nitrogens with one attached hydrogen (secondary N) is 1. The molecule has 1 saturated carbocycles. The summed E-state index contributed by atoms with van der Waals surface area (Å²) in [6.07, 6.45) is 1.88. The molecule has 1 aromatic rings. The molecule has 132 valence electrons. The number of anilines is 1. The highest BCUT2D eigenvalue weighted by Gasteiger charge is 2.37. The fourth-order valence-corrected chi connectivity index (χ4v) is 3.14. The number of alkyl halides is 2. The standard InChI is InChI=1S/C17H23F2N3O2/c18-17(19)5-3-14(4-6-17)16(23)21-12-13-1-2-15(20-11-13)22-7-9-24-10-8-22/h1-2,11,14H,3-10,12H2,(H,21,23). The van der Waals surface area contributed by atoms with Gasteiger partial charge in [-0.05, 0) is 24.5 Å². The van der Waals surface area contributed by atoms with Crippen LogP contribution in [-0.4, -0.2) is 43.1 Å². The van der Waals surface area contributed by atoms with E-state index < -0.39 is 5.92 Å². The van der Waals surface area contributed by atoms with E-state index in [1.807, 2.05) is 12.1 Å². The number of aromatic nitrogens is 1. The Labute approximate surface area is 140 Å². The number of carbonyl (C=O) groups excluding carboxylic acids is 1. The number of morpholine rings is 1. The molecule has 0 spiro atoms. The van der Waals surface area contributed by atoms with Crippen LogP contribution in [0.2, 0.25) is 0 Å². The van der Waals surface area contributed by atoms with E-state index >= 15 is 0 Å².